The number of nitrogens with zero attached hydrogens (tertiary/aromatic N) is 2. The number of likely N-dealkylation sites (N-methyl/N-ethyl adjacent to an activating group) is 1. The fourth-order valence-electron chi connectivity index (χ4n) is 3.06. The van der Waals surface area contributed by atoms with Crippen LogP contribution in [0.5, 0.6) is 0 Å². The Bertz CT molecular complexity index is 571. The molecule has 0 fully saturated rings. The van der Waals surface area contributed by atoms with Crippen molar-refractivity contribution in [3.63, 3.8) is 0 Å². The zero-order valence-corrected chi connectivity index (χ0v) is 13.4. The number of aryl methyl sites for hydroxylation is 2. The number of hydrogen-bond acceptors (Lipinski definition) is 2. The number of fused-ring (bicyclic) bond motifs is 1. The molecule has 0 radical (unpaired) electrons. The lowest BCUT2D eigenvalue weighted by atomic mass is 10.0. The fraction of sp³-hybridized carbons (Fsp3) is 0.588. The highest BCUT2D eigenvalue weighted by molar-refractivity contribution is 5.77. The molecule has 0 aliphatic carbocycles. The molecular weight excluding hydrogens is 246 g/mol. The van der Waals surface area contributed by atoms with E-state index in [-0.39, 0.29) is 0 Å². The van der Waals surface area contributed by atoms with Gasteiger partial charge in [0.05, 0.1) is 23.4 Å². The van der Waals surface area contributed by atoms with Crippen molar-refractivity contribution in [3.05, 3.63) is 29.6 Å². The molecule has 110 valence electrons. The van der Waals surface area contributed by atoms with E-state index in [4.69, 9.17) is 0 Å². The van der Waals surface area contributed by atoms with Crippen LogP contribution >= 0.6 is 0 Å². The quantitative estimate of drug-likeness (QED) is 0.862. The van der Waals surface area contributed by atoms with E-state index >= 15 is 0 Å². The molecule has 1 heterocycles. The molecule has 2 rings (SSSR count). The summed E-state index contributed by atoms with van der Waals surface area (Å²) in [4.78, 5) is 4.60. The van der Waals surface area contributed by atoms with Crippen molar-refractivity contribution in [2.75, 3.05) is 7.05 Å². The first kappa shape index (κ1) is 15.0. The third-order valence-corrected chi connectivity index (χ3v) is 4.40. The first-order valence-electron chi connectivity index (χ1n) is 7.73. The third-order valence-electron chi connectivity index (χ3n) is 4.40. The molecule has 3 nitrogen and oxygen atoms in total. The van der Waals surface area contributed by atoms with Gasteiger partial charge in [0.1, 0.15) is 0 Å². The summed E-state index contributed by atoms with van der Waals surface area (Å²) < 4.78 is 2.36. The Morgan fingerprint density at radius 2 is 1.90 bits per heavy atom. The predicted molar refractivity (Wildman–Crippen MR) is 86.3 cm³/mol. The van der Waals surface area contributed by atoms with Crippen molar-refractivity contribution in [3.8, 4) is 0 Å². The highest BCUT2D eigenvalue weighted by Gasteiger charge is 2.21. The number of aromatic nitrogens is 2. The van der Waals surface area contributed by atoms with Gasteiger partial charge in [0.2, 0.25) is 0 Å². The predicted octanol–water partition coefficient (Wildman–Crippen LogP) is 3.99. The van der Waals surface area contributed by atoms with Crippen LogP contribution in [-0.4, -0.2) is 22.6 Å². The minimum Gasteiger partial charge on any atom is -0.326 e. The smallest absolute Gasteiger partial charge is 0.0961 e. The third kappa shape index (κ3) is 2.73. The molecular formula is C17H27N3. The second-order valence-corrected chi connectivity index (χ2v) is 5.74. The Kier molecular flexibility index (Phi) is 4.81. The number of benzene rings is 1. The monoisotopic (exact) mass is 273 g/mol. The second-order valence-electron chi connectivity index (χ2n) is 5.74. The Balaban J connectivity index is 2.46. The number of rotatable bonds is 6. The molecule has 0 spiro atoms. The average molecular weight is 273 g/mol. The Labute approximate surface area is 122 Å². The first-order chi connectivity index (χ1) is 9.62. The van der Waals surface area contributed by atoms with Crippen molar-refractivity contribution in [2.24, 2.45) is 0 Å². The highest BCUT2D eigenvalue weighted by Crippen LogP contribution is 2.26. The van der Waals surface area contributed by atoms with Crippen LogP contribution in [0.1, 0.15) is 50.3 Å². The summed E-state index contributed by atoms with van der Waals surface area (Å²) in [7, 11) is 2.07. The summed E-state index contributed by atoms with van der Waals surface area (Å²) in [5.41, 5.74) is 5.02. The van der Waals surface area contributed by atoms with Crippen molar-refractivity contribution in [2.45, 2.75) is 59.0 Å². The molecule has 0 aliphatic rings. The highest BCUT2D eigenvalue weighted by atomic mass is 15.1. The summed E-state index contributed by atoms with van der Waals surface area (Å²) in [6.45, 7) is 8.83. The summed E-state index contributed by atoms with van der Waals surface area (Å²) in [6, 6.07) is 5.44. The van der Waals surface area contributed by atoms with Crippen LogP contribution in [-0.2, 0) is 0 Å². The molecule has 0 amide bonds. The van der Waals surface area contributed by atoms with Gasteiger partial charge >= 0.3 is 0 Å². The minimum atomic E-state index is 0.465. The van der Waals surface area contributed by atoms with E-state index in [0.717, 1.165) is 11.9 Å². The summed E-state index contributed by atoms with van der Waals surface area (Å²) >= 11 is 0. The van der Waals surface area contributed by atoms with Gasteiger partial charge in [-0.05, 0) is 57.0 Å². The van der Waals surface area contributed by atoms with Gasteiger partial charge in [0.25, 0.3) is 0 Å². The van der Waals surface area contributed by atoms with Crippen LogP contribution in [0.4, 0.5) is 0 Å². The lowest BCUT2D eigenvalue weighted by Crippen LogP contribution is -2.34. The molecule has 2 atom stereocenters. The van der Waals surface area contributed by atoms with E-state index in [1.165, 1.54) is 29.5 Å². The Hall–Kier alpha value is -1.35. The molecule has 1 N–H and O–H groups in total. The van der Waals surface area contributed by atoms with Crippen molar-refractivity contribution in [1.29, 1.82) is 0 Å². The average Bonchev–Trinajstić information content (AvgIpc) is 2.82. The molecule has 0 bridgehead atoms. The first-order valence-corrected chi connectivity index (χ1v) is 7.73. The molecule has 0 saturated heterocycles. The van der Waals surface area contributed by atoms with Crippen LogP contribution in [0.3, 0.4) is 0 Å². The van der Waals surface area contributed by atoms with E-state index in [9.17, 15) is 0 Å². The van der Waals surface area contributed by atoms with Gasteiger partial charge in [-0.1, -0.05) is 20.3 Å². The largest absolute Gasteiger partial charge is 0.326 e. The zero-order chi connectivity index (χ0) is 14.7. The Morgan fingerprint density at radius 3 is 2.50 bits per heavy atom. The van der Waals surface area contributed by atoms with Gasteiger partial charge in [-0.3, -0.25) is 0 Å². The lowest BCUT2D eigenvalue weighted by molar-refractivity contribution is 0.342. The Morgan fingerprint density at radius 1 is 1.20 bits per heavy atom. The minimum absolute atomic E-state index is 0.465. The topological polar surface area (TPSA) is 29.9 Å². The van der Waals surface area contributed by atoms with Crippen LogP contribution in [0.15, 0.2) is 18.5 Å². The van der Waals surface area contributed by atoms with Gasteiger partial charge < -0.3 is 9.88 Å². The van der Waals surface area contributed by atoms with Crippen molar-refractivity contribution in [1.82, 2.24) is 14.9 Å². The molecule has 3 heteroatoms. The van der Waals surface area contributed by atoms with E-state index in [2.05, 4.69) is 61.7 Å². The zero-order valence-electron chi connectivity index (χ0n) is 13.4. The van der Waals surface area contributed by atoms with Gasteiger partial charge in [0.15, 0.2) is 0 Å². The fourth-order valence-corrected chi connectivity index (χ4v) is 3.06. The maximum atomic E-state index is 4.60. The molecule has 2 aromatic rings. The van der Waals surface area contributed by atoms with Crippen molar-refractivity contribution >= 4 is 11.0 Å². The van der Waals surface area contributed by atoms with E-state index in [1.54, 1.807) is 0 Å². The lowest BCUT2D eigenvalue weighted by Gasteiger charge is -2.27. The number of nitrogens with one attached hydrogen (secondary N) is 1. The molecule has 20 heavy (non-hydrogen) atoms. The van der Waals surface area contributed by atoms with Crippen LogP contribution < -0.4 is 5.32 Å². The van der Waals surface area contributed by atoms with E-state index in [0.29, 0.717) is 12.1 Å². The molecule has 0 saturated carbocycles. The van der Waals surface area contributed by atoms with E-state index in [1.807, 2.05) is 6.33 Å². The van der Waals surface area contributed by atoms with Gasteiger partial charge in [-0.25, -0.2) is 4.98 Å². The summed E-state index contributed by atoms with van der Waals surface area (Å²) in [6.07, 6.45) is 5.52. The second kappa shape index (κ2) is 6.40. The van der Waals surface area contributed by atoms with Gasteiger partial charge in [-0.15, -0.1) is 0 Å². The SMILES string of the molecule is CCCC(NC)C(CC)n1cnc2cc(C)c(C)cc21. The van der Waals surface area contributed by atoms with Crippen LogP contribution in [0, 0.1) is 13.8 Å². The molecule has 1 aromatic carbocycles. The number of imidazole rings is 1. The van der Waals surface area contributed by atoms with E-state index < -0.39 is 0 Å². The number of hydrogen-bond donors (Lipinski definition) is 1. The molecule has 1 aromatic heterocycles. The molecule has 0 aliphatic heterocycles. The van der Waals surface area contributed by atoms with Gasteiger partial charge in [0, 0.05) is 6.04 Å². The molecule has 2 unspecified atom stereocenters. The van der Waals surface area contributed by atoms with Crippen molar-refractivity contribution < 1.29 is 0 Å². The maximum absolute atomic E-state index is 4.60. The van der Waals surface area contributed by atoms with Crippen LogP contribution in [0.2, 0.25) is 0 Å². The summed E-state index contributed by atoms with van der Waals surface area (Å²) in [5.74, 6) is 0. The van der Waals surface area contributed by atoms with Crippen LogP contribution in [0.25, 0.3) is 11.0 Å². The standard InChI is InChI=1S/C17H27N3/c1-6-8-14(18-5)16(7-2)20-11-19-15-9-12(3)13(4)10-17(15)20/h9-11,14,16,18H,6-8H2,1-5H3. The maximum Gasteiger partial charge on any atom is 0.0961 e. The normalized spacial score (nSPS) is 14.7. The van der Waals surface area contributed by atoms with Gasteiger partial charge in [-0.2, -0.15) is 0 Å². The summed E-state index contributed by atoms with van der Waals surface area (Å²) in [5, 5.41) is 3.48.